The number of unbranched alkanes of at least 4 members (excludes halogenated alkanes) is 3. The number of nitrogens with zero attached hydrogens (tertiary/aromatic N) is 1. The largest absolute Gasteiger partial charge is 0.508 e. The summed E-state index contributed by atoms with van der Waals surface area (Å²) in [6, 6.07) is 7.95. The molecule has 2 rings (SSSR count). The number of nitrogens with two attached hydrogens (primary N) is 6. The molecule has 2 aromatic carbocycles. The number of aliphatic carboxylic acids is 1. The van der Waals surface area contributed by atoms with E-state index in [-0.39, 0.29) is 63.2 Å². The first-order chi connectivity index (χ1) is 29.7. The minimum absolute atomic E-state index is 0.0146. The third-order valence-electron chi connectivity index (χ3n) is 9.94. The van der Waals surface area contributed by atoms with E-state index in [0.717, 1.165) is 5.56 Å². The molecule has 0 aromatic heterocycles. The van der Waals surface area contributed by atoms with Gasteiger partial charge in [-0.3, -0.25) is 29.0 Å². The normalized spacial score (nSPS) is 13.9. The van der Waals surface area contributed by atoms with Crippen LogP contribution in [0.15, 0.2) is 59.6 Å². The first kappa shape index (κ1) is 52.3. The smallest absolute Gasteiger partial charge is 0.326 e. The second kappa shape index (κ2) is 29.4. The fourth-order valence-electron chi connectivity index (χ4n) is 6.45. The Morgan fingerprint density at radius 3 is 1.39 bits per heavy atom. The van der Waals surface area contributed by atoms with Gasteiger partial charge in [-0.1, -0.05) is 42.5 Å². The predicted molar refractivity (Wildman–Crippen MR) is 236 cm³/mol. The Hall–Kier alpha value is -5.83. The average molecular weight is 869 g/mol. The number of carboxylic acid groups (broad SMARTS) is 1. The molecule has 0 saturated heterocycles. The Balaban J connectivity index is 2.40. The molecule has 2 aromatic rings. The van der Waals surface area contributed by atoms with Gasteiger partial charge in [0.05, 0.1) is 6.04 Å². The minimum Gasteiger partial charge on any atom is -0.508 e. The highest BCUT2D eigenvalue weighted by atomic mass is 16.4. The zero-order valence-electron chi connectivity index (χ0n) is 35.4. The molecule has 0 unspecified atom stereocenters. The van der Waals surface area contributed by atoms with E-state index < -0.39 is 71.8 Å². The Bertz CT molecular complexity index is 1710. The van der Waals surface area contributed by atoms with Crippen LogP contribution >= 0.6 is 0 Å². The van der Waals surface area contributed by atoms with Gasteiger partial charge in [0, 0.05) is 13.0 Å². The number of aromatic hydroxyl groups is 1. The summed E-state index contributed by atoms with van der Waals surface area (Å²) in [5.41, 5.74) is 35.6. The average Bonchev–Trinajstić information content (AvgIpc) is 3.24. The van der Waals surface area contributed by atoms with E-state index in [2.05, 4.69) is 31.6 Å². The van der Waals surface area contributed by atoms with E-state index in [1.165, 1.54) is 12.1 Å². The highest BCUT2D eigenvalue weighted by molar-refractivity contribution is 5.96. The molecule has 20 heteroatoms. The van der Waals surface area contributed by atoms with Crippen LogP contribution in [0.1, 0.15) is 81.8 Å². The maximum absolute atomic E-state index is 14.1. The van der Waals surface area contributed by atoms with Crippen molar-refractivity contribution < 1.29 is 39.0 Å². The second-order valence-corrected chi connectivity index (χ2v) is 15.1. The van der Waals surface area contributed by atoms with Gasteiger partial charge in [0.15, 0.2) is 5.96 Å². The van der Waals surface area contributed by atoms with Gasteiger partial charge < -0.3 is 71.2 Å². The number of aliphatic imine (C=N–C) groups is 1. The molecule has 0 aliphatic heterocycles. The Labute approximate surface area is 363 Å². The number of carbonyl (C=O) groups excluding carboxylic acids is 5. The van der Waals surface area contributed by atoms with Crippen LogP contribution < -0.4 is 61.0 Å². The van der Waals surface area contributed by atoms with Gasteiger partial charge in [-0.15, -0.1) is 0 Å². The molecule has 0 aliphatic rings. The summed E-state index contributed by atoms with van der Waals surface area (Å²) < 4.78 is 0. The molecule has 5 amide bonds. The molecule has 344 valence electrons. The van der Waals surface area contributed by atoms with Crippen LogP contribution in [0.2, 0.25) is 0 Å². The summed E-state index contributed by atoms with van der Waals surface area (Å²) >= 11 is 0. The number of phenolic OH excluding ortho intramolecular Hbond substituents is 1. The maximum Gasteiger partial charge on any atom is 0.326 e. The summed E-state index contributed by atoms with van der Waals surface area (Å²) in [7, 11) is 0. The van der Waals surface area contributed by atoms with Crippen molar-refractivity contribution >= 4 is 41.5 Å². The molecular weight excluding hydrogens is 801 g/mol. The van der Waals surface area contributed by atoms with Crippen LogP contribution in [0.3, 0.4) is 0 Å². The number of benzene rings is 2. The monoisotopic (exact) mass is 869 g/mol. The van der Waals surface area contributed by atoms with Crippen LogP contribution in [-0.2, 0) is 41.6 Å². The molecule has 19 N–H and O–H groups in total. The van der Waals surface area contributed by atoms with E-state index in [0.29, 0.717) is 63.7 Å². The number of carbonyl (C=O) groups is 6. The standard InChI is InChI=1S/C42H68N12O8/c43-21-7-4-13-31(50-36(56)30(46)25-27-11-2-1-3-12-27)37(57)51-32(14-5-8-22-44)38(58)52-33(16-10-24-49-42(47)48)39(59)54-35(26-28-17-19-29(55)20-18-28)40(60)53-34(41(61)62)15-6-9-23-45/h1-3,11-12,17-20,30-35,55H,4-10,13-16,21-26,43-46H2,(H,50,56)(H,51,57)(H,52,58)(H,53,60)(H,54,59)(H,61,62)(H4,47,48,49)/t30-,31-,32-,33-,34-,35-/m0/s1. The van der Waals surface area contributed by atoms with Gasteiger partial charge in [0.1, 0.15) is 36.0 Å². The highest BCUT2D eigenvalue weighted by Gasteiger charge is 2.33. The van der Waals surface area contributed by atoms with Crippen molar-refractivity contribution in [2.45, 2.75) is 120 Å². The molecule has 0 fully saturated rings. The third kappa shape index (κ3) is 20.6. The van der Waals surface area contributed by atoms with Crippen LogP contribution in [0, 0.1) is 0 Å². The molecule has 0 spiro atoms. The van der Waals surface area contributed by atoms with Crippen molar-refractivity contribution in [2.75, 3.05) is 26.2 Å². The third-order valence-corrected chi connectivity index (χ3v) is 9.94. The fraction of sp³-hybridized carbons (Fsp3) is 0.548. The molecular formula is C42H68N12O8. The van der Waals surface area contributed by atoms with E-state index in [1.54, 1.807) is 12.1 Å². The predicted octanol–water partition coefficient (Wildman–Crippen LogP) is -1.55. The van der Waals surface area contributed by atoms with Gasteiger partial charge in [-0.05, 0) is 120 Å². The van der Waals surface area contributed by atoms with Crippen molar-refractivity contribution in [1.29, 1.82) is 0 Å². The number of hydrogen-bond donors (Lipinski definition) is 13. The summed E-state index contributed by atoms with van der Waals surface area (Å²) in [5.74, 6) is -4.99. The molecule has 6 atom stereocenters. The number of hydrogen-bond acceptors (Lipinski definition) is 12. The zero-order valence-corrected chi connectivity index (χ0v) is 35.4. The molecule has 0 saturated carbocycles. The maximum atomic E-state index is 14.1. The number of guanidine groups is 1. The van der Waals surface area contributed by atoms with Crippen molar-refractivity contribution in [2.24, 2.45) is 39.4 Å². The van der Waals surface area contributed by atoms with Crippen LogP contribution in [0.5, 0.6) is 5.75 Å². The SMILES string of the molecule is NCCCC[C@H](NC(=O)[C@H](Cc1ccc(O)cc1)NC(=O)[C@H](CCCN=C(N)N)NC(=O)[C@H](CCCCN)NC(=O)[C@H](CCCCN)NC(=O)[C@@H](N)Cc1ccccc1)C(=O)O. The van der Waals surface area contributed by atoms with E-state index in [9.17, 15) is 39.0 Å². The van der Waals surface area contributed by atoms with E-state index in [1.807, 2.05) is 30.3 Å². The fourth-order valence-corrected chi connectivity index (χ4v) is 6.45. The summed E-state index contributed by atoms with van der Waals surface area (Å²) in [6.45, 7) is 1.10. The Morgan fingerprint density at radius 1 is 0.516 bits per heavy atom. The van der Waals surface area contributed by atoms with Crippen molar-refractivity contribution in [3.8, 4) is 5.75 Å². The molecule has 62 heavy (non-hydrogen) atoms. The lowest BCUT2D eigenvalue weighted by atomic mass is 10.0. The first-order valence-corrected chi connectivity index (χ1v) is 21.2. The number of carboxylic acids is 1. The zero-order chi connectivity index (χ0) is 45.9. The molecule has 0 aliphatic carbocycles. The molecule has 20 nitrogen and oxygen atoms in total. The summed E-state index contributed by atoms with van der Waals surface area (Å²) in [4.78, 5) is 85.2. The van der Waals surface area contributed by atoms with Crippen LogP contribution in [0.4, 0.5) is 0 Å². The minimum atomic E-state index is -1.33. The molecule has 0 heterocycles. The van der Waals surface area contributed by atoms with E-state index in [4.69, 9.17) is 34.4 Å². The lowest BCUT2D eigenvalue weighted by Crippen LogP contribution is -2.59. The number of amides is 5. The number of phenols is 1. The molecule has 0 radical (unpaired) electrons. The summed E-state index contributed by atoms with van der Waals surface area (Å²) in [5, 5.41) is 33.1. The lowest BCUT2D eigenvalue weighted by Gasteiger charge is -2.27. The summed E-state index contributed by atoms with van der Waals surface area (Å²) in [6.07, 6.45) is 3.71. The van der Waals surface area contributed by atoms with Crippen molar-refractivity contribution in [1.82, 2.24) is 26.6 Å². The number of nitrogens with one attached hydrogen (secondary N) is 5. The molecule has 0 bridgehead atoms. The van der Waals surface area contributed by atoms with Crippen LogP contribution in [0.25, 0.3) is 0 Å². The Kier molecular flexibility index (Phi) is 24.8. The van der Waals surface area contributed by atoms with Gasteiger partial charge in [0.2, 0.25) is 29.5 Å². The van der Waals surface area contributed by atoms with Crippen molar-refractivity contribution in [3.63, 3.8) is 0 Å². The van der Waals surface area contributed by atoms with Gasteiger partial charge in [-0.2, -0.15) is 0 Å². The quantitative estimate of drug-likeness (QED) is 0.0232. The lowest BCUT2D eigenvalue weighted by molar-refractivity contribution is -0.142. The second-order valence-electron chi connectivity index (χ2n) is 15.1. The van der Waals surface area contributed by atoms with Crippen molar-refractivity contribution in [3.05, 3.63) is 65.7 Å². The highest BCUT2D eigenvalue weighted by Crippen LogP contribution is 2.14. The topological polar surface area (TPSA) is 372 Å². The Morgan fingerprint density at radius 2 is 0.919 bits per heavy atom. The van der Waals surface area contributed by atoms with E-state index >= 15 is 0 Å². The van der Waals surface area contributed by atoms with Crippen LogP contribution in [-0.4, -0.2) is 114 Å². The first-order valence-electron chi connectivity index (χ1n) is 21.2. The van der Waals surface area contributed by atoms with Gasteiger partial charge in [0.25, 0.3) is 0 Å². The van der Waals surface area contributed by atoms with Gasteiger partial charge >= 0.3 is 5.97 Å². The van der Waals surface area contributed by atoms with Gasteiger partial charge in [-0.25, -0.2) is 4.79 Å². The number of rotatable bonds is 31.